The van der Waals surface area contributed by atoms with Gasteiger partial charge in [0.25, 0.3) is 0 Å². The number of nitrogens with two attached hydrogens (primary N) is 1. The Morgan fingerprint density at radius 2 is 2.24 bits per heavy atom. The maximum Gasteiger partial charge on any atom is 0.244 e. The van der Waals surface area contributed by atoms with Gasteiger partial charge in [-0.15, -0.1) is 0 Å². The van der Waals surface area contributed by atoms with E-state index in [1.54, 1.807) is 13.8 Å². The molecule has 17 heavy (non-hydrogen) atoms. The molecule has 98 valence electrons. The van der Waals surface area contributed by atoms with Crippen molar-refractivity contribution in [1.29, 1.82) is 0 Å². The molecule has 0 saturated carbocycles. The predicted octanol–water partition coefficient (Wildman–Crippen LogP) is 0.360. The molecule has 0 aliphatic rings. The number of aryl methyl sites for hydroxylation is 1. The number of rotatable bonds is 6. The van der Waals surface area contributed by atoms with E-state index in [1.807, 2.05) is 0 Å². The molecule has 1 aromatic heterocycles. The molecule has 0 spiro atoms. The van der Waals surface area contributed by atoms with Crippen molar-refractivity contribution in [2.45, 2.75) is 31.4 Å². The van der Waals surface area contributed by atoms with Crippen LogP contribution in [0, 0.1) is 6.92 Å². The summed E-state index contributed by atoms with van der Waals surface area (Å²) in [6, 6.07) is 1.44. The summed E-state index contributed by atoms with van der Waals surface area (Å²) in [5.41, 5.74) is 5.39. The molecule has 1 unspecified atom stereocenters. The van der Waals surface area contributed by atoms with Gasteiger partial charge in [-0.05, 0) is 13.8 Å². The third-order valence-corrected chi connectivity index (χ3v) is 3.91. The lowest BCUT2D eigenvalue weighted by molar-refractivity contribution is 0.122. The number of methoxy groups -OCH3 is 1. The summed E-state index contributed by atoms with van der Waals surface area (Å²) in [6.45, 7) is 3.75. The largest absolute Gasteiger partial charge is 0.464 e. The van der Waals surface area contributed by atoms with Gasteiger partial charge < -0.3 is 14.9 Å². The van der Waals surface area contributed by atoms with Crippen LogP contribution in [-0.4, -0.2) is 28.2 Å². The Kier molecular flexibility index (Phi) is 4.70. The van der Waals surface area contributed by atoms with Crippen molar-refractivity contribution in [3.05, 3.63) is 17.6 Å². The SMILES string of the molecule is COC(C)CNS(=O)(=O)c1cc(CN)oc1C. The van der Waals surface area contributed by atoms with Gasteiger partial charge in [0.2, 0.25) is 10.0 Å². The van der Waals surface area contributed by atoms with Crippen LogP contribution in [0.4, 0.5) is 0 Å². The molecular formula is C10H18N2O4S. The molecule has 0 fully saturated rings. The van der Waals surface area contributed by atoms with Gasteiger partial charge in [0.05, 0.1) is 12.6 Å². The van der Waals surface area contributed by atoms with Crippen molar-refractivity contribution in [2.75, 3.05) is 13.7 Å². The molecule has 0 aliphatic carbocycles. The molecule has 1 aromatic rings. The van der Waals surface area contributed by atoms with Crippen LogP contribution in [0.15, 0.2) is 15.4 Å². The van der Waals surface area contributed by atoms with Gasteiger partial charge in [-0.1, -0.05) is 0 Å². The molecule has 0 aliphatic heterocycles. The van der Waals surface area contributed by atoms with Crippen LogP contribution < -0.4 is 10.5 Å². The van der Waals surface area contributed by atoms with Crippen LogP contribution in [0.1, 0.15) is 18.4 Å². The van der Waals surface area contributed by atoms with Crippen molar-refractivity contribution in [2.24, 2.45) is 5.73 Å². The Labute approximate surface area is 101 Å². The summed E-state index contributed by atoms with van der Waals surface area (Å²) in [7, 11) is -2.04. The molecule has 0 bridgehead atoms. The molecule has 0 amide bonds. The van der Waals surface area contributed by atoms with E-state index in [-0.39, 0.29) is 24.1 Å². The Morgan fingerprint density at radius 1 is 1.59 bits per heavy atom. The van der Waals surface area contributed by atoms with Crippen molar-refractivity contribution < 1.29 is 17.6 Å². The molecule has 6 nitrogen and oxygen atoms in total. The number of hydrogen-bond acceptors (Lipinski definition) is 5. The first-order chi connectivity index (χ1) is 7.90. The Morgan fingerprint density at radius 3 is 2.71 bits per heavy atom. The summed E-state index contributed by atoms with van der Waals surface area (Å²) in [5.74, 6) is 0.783. The summed E-state index contributed by atoms with van der Waals surface area (Å²) in [5, 5.41) is 0. The molecule has 0 radical (unpaired) electrons. The van der Waals surface area contributed by atoms with Crippen LogP contribution in [0.25, 0.3) is 0 Å². The first-order valence-electron chi connectivity index (χ1n) is 5.22. The fourth-order valence-electron chi connectivity index (χ4n) is 1.28. The monoisotopic (exact) mass is 262 g/mol. The van der Waals surface area contributed by atoms with Gasteiger partial charge in [0, 0.05) is 19.7 Å². The Hall–Kier alpha value is -0.890. The minimum Gasteiger partial charge on any atom is -0.464 e. The molecule has 1 rings (SSSR count). The van der Waals surface area contributed by atoms with E-state index in [1.165, 1.54) is 13.2 Å². The zero-order valence-electron chi connectivity index (χ0n) is 10.2. The number of furan rings is 1. The quantitative estimate of drug-likeness (QED) is 0.772. The van der Waals surface area contributed by atoms with E-state index < -0.39 is 10.0 Å². The van der Waals surface area contributed by atoms with E-state index in [9.17, 15) is 8.42 Å². The number of nitrogens with one attached hydrogen (secondary N) is 1. The number of hydrogen-bond donors (Lipinski definition) is 2. The minimum absolute atomic E-state index is 0.126. The molecule has 3 N–H and O–H groups in total. The highest BCUT2D eigenvalue weighted by molar-refractivity contribution is 7.89. The minimum atomic E-state index is -3.56. The maximum atomic E-state index is 11.9. The van der Waals surface area contributed by atoms with Gasteiger partial charge in [-0.3, -0.25) is 0 Å². The normalized spacial score (nSPS) is 13.9. The van der Waals surface area contributed by atoms with E-state index >= 15 is 0 Å². The smallest absolute Gasteiger partial charge is 0.244 e. The van der Waals surface area contributed by atoms with Gasteiger partial charge in [0.1, 0.15) is 16.4 Å². The third-order valence-electron chi connectivity index (χ3n) is 2.38. The summed E-state index contributed by atoms with van der Waals surface area (Å²) >= 11 is 0. The lowest BCUT2D eigenvalue weighted by Gasteiger charge is -2.10. The van der Waals surface area contributed by atoms with E-state index in [0.717, 1.165) is 0 Å². The first-order valence-corrected chi connectivity index (χ1v) is 6.71. The highest BCUT2D eigenvalue weighted by Gasteiger charge is 2.21. The average Bonchev–Trinajstić information content (AvgIpc) is 2.68. The van der Waals surface area contributed by atoms with Gasteiger partial charge in [-0.25, -0.2) is 13.1 Å². The molecule has 1 heterocycles. The molecule has 0 aromatic carbocycles. The molecule has 7 heteroatoms. The number of sulfonamides is 1. The van der Waals surface area contributed by atoms with Crippen LogP contribution >= 0.6 is 0 Å². The molecule has 1 atom stereocenters. The summed E-state index contributed by atoms with van der Waals surface area (Å²) < 4.78 is 36.5. The second kappa shape index (κ2) is 5.63. The molecule has 0 saturated heterocycles. The zero-order chi connectivity index (χ0) is 13.1. The second-order valence-corrected chi connectivity index (χ2v) is 5.47. The lowest BCUT2D eigenvalue weighted by atomic mass is 10.4. The van der Waals surface area contributed by atoms with E-state index in [4.69, 9.17) is 14.9 Å². The average molecular weight is 262 g/mol. The van der Waals surface area contributed by atoms with Crippen molar-refractivity contribution in [3.8, 4) is 0 Å². The predicted molar refractivity (Wildman–Crippen MR) is 63.0 cm³/mol. The van der Waals surface area contributed by atoms with Gasteiger partial charge in [-0.2, -0.15) is 0 Å². The zero-order valence-corrected chi connectivity index (χ0v) is 11.0. The van der Waals surface area contributed by atoms with Crippen LogP contribution in [-0.2, 0) is 21.3 Å². The third kappa shape index (κ3) is 3.53. The summed E-state index contributed by atoms with van der Waals surface area (Å²) in [4.78, 5) is 0.126. The highest BCUT2D eigenvalue weighted by atomic mass is 32.2. The van der Waals surface area contributed by atoms with Gasteiger partial charge in [0.15, 0.2) is 0 Å². The van der Waals surface area contributed by atoms with Crippen molar-refractivity contribution in [3.63, 3.8) is 0 Å². The van der Waals surface area contributed by atoms with Crippen molar-refractivity contribution in [1.82, 2.24) is 4.72 Å². The topological polar surface area (TPSA) is 94.6 Å². The van der Waals surface area contributed by atoms with Crippen molar-refractivity contribution >= 4 is 10.0 Å². The lowest BCUT2D eigenvalue weighted by Crippen LogP contribution is -2.31. The fraction of sp³-hybridized carbons (Fsp3) is 0.600. The van der Waals surface area contributed by atoms with Crippen LogP contribution in [0.3, 0.4) is 0 Å². The van der Waals surface area contributed by atoms with Crippen LogP contribution in [0.2, 0.25) is 0 Å². The van der Waals surface area contributed by atoms with Crippen LogP contribution in [0.5, 0.6) is 0 Å². The van der Waals surface area contributed by atoms with E-state index in [0.29, 0.717) is 11.5 Å². The highest BCUT2D eigenvalue weighted by Crippen LogP contribution is 2.19. The fourth-order valence-corrected chi connectivity index (χ4v) is 2.60. The second-order valence-electron chi connectivity index (χ2n) is 3.74. The standard InChI is InChI=1S/C10H18N2O4S/c1-7(15-3)6-12-17(13,14)10-4-9(5-11)16-8(10)2/h4,7,12H,5-6,11H2,1-3H3. The van der Waals surface area contributed by atoms with Gasteiger partial charge >= 0.3 is 0 Å². The number of ether oxygens (including phenoxy) is 1. The molecular weight excluding hydrogens is 244 g/mol. The summed E-state index contributed by atoms with van der Waals surface area (Å²) in [6.07, 6.45) is -0.189. The Bertz CT molecular complexity index is 467. The van der Waals surface area contributed by atoms with E-state index in [2.05, 4.69) is 4.72 Å². The maximum absolute atomic E-state index is 11.9. The first kappa shape index (κ1) is 14.2. The Balaban J connectivity index is 2.85.